The lowest BCUT2D eigenvalue weighted by Crippen LogP contribution is -2.53. The van der Waals surface area contributed by atoms with Crippen LogP contribution in [0.5, 0.6) is 0 Å². The summed E-state index contributed by atoms with van der Waals surface area (Å²) in [5, 5.41) is 17.2. The summed E-state index contributed by atoms with van der Waals surface area (Å²) in [5.41, 5.74) is 0.956. The van der Waals surface area contributed by atoms with Crippen LogP contribution in [0.3, 0.4) is 0 Å². The fourth-order valence-corrected chi connectivity index (χ4v) is 4.65. The van der Waals surface area contributed by atoms with Crippen LogP contribution in [0.25, 0.3) is 11.3 Å². The van der Waals surface area contributed by atoms with Gasteiger partial charge in [-0.1, -0.05) is 54.8 Å². The number of piperidine rings is 1. The minimum atomic E-state index is -1.02. The van der Waals surface area contributed by atoms with Gasteiger partial charge in [0.1, 0.15) is 0 Å². The number of anilines is 1. The number of likely N-dealkylation sites (tertiary alicyclic amines) is 1. The Labute approximate surface area is 159 Å². The minimum absolute atomic E-state index is 0.113. The van der Waals surface area contributed by atoms with Crippen molar-refractivity contribution in [3.8, 4) is 11.3 Å². The highest BCUT2D eigenvalue weighted by Gasteiger charge is 2.40. The van der Waals surface area contributed by atoms with Crippen LogP contribution in [0.2, 0.25) is 0 Å². The Balaban J connectivity index is 1.57. The molecule has 1 saturated carbocycles. The van der Waals surface area contributed by atoms with E-state index in [1.807, 2.05) is 30.3 Å². The van der Waals surface area contributed by atoms with E-state index in [0.29, 0.717) is 18.1 Å². The summed E-state index contributed by atoms with van der Waals surface area (Å²) < 4.78 is 5.43. The Kier molecular flexibility index (Phi) is 5.16. The van der Waals surface area contributed by atoms with Crippen LogP contribution in [0.4, 0.5) is 5.82 Å². The highest BCUT2D eigenvalue weighted by Crippen LogP contribution is 2.38. The number of benzene rings is 1. The number of carbonyl (C=O) groups is 1. The van der Waals surface area contributed by atoms with Crippen LogP contribution >= 0.6 is 0 Å². The van der Waals surface area contributed by atoms with Gasteiger partial charge in [-0.3, -0.25) is 4.90 Å². The van der Waals surface area contributed by atoms with Gasteiger partial charge in [0.2, 0.25) is 0 Å². The molecule has 144 valence electrons. The van der Waals surface area contributed by atoms with E-state index in [1.165, 1.54) is 32.1 Å². The van der Waals surface area contributed by atoms with Gasteiger partial charge in [-0.15, -0.1) is 0 Å². The van der Waals surface area contributed by atoms with Gasteiger partial charge in [0.05, 0.1) is 0 Å². The molecule has 1 aromatic heterocycles. The lowest BCUT2D eigenvalue weighted by Gasteiger charge is -2.43. The molecule has 2 N–H and O–H groups in total. The quantitative estimate of drug-likeness (QED) is 0.792. The molecule has 1 aromatic carbocycles. The number of nitrogens with one attached hydrogen (secondary N) is 1. The Morgan fingerprint density at radius 2 is 1.81 bits per heavy atom. The van der Waals surface area contributed by atoms with Gasteiger partial charge in [-0.25, -0.2) is 4.79 Å². The monoisotopic (exact) mass is 369 g/mol. The molecule has 2 aliphatic rings. The first-order valence-corrected chi connectivity index (χ1v) is 9.97. The van der Waals surface area contributed by atoms with Gasteiger partial charge >= 0.3 is 5.97 Å². The molecule has 4 rings (SSSR count). The second-order valence-corrected chi connectivity index (χ2v) is 7.74. The average Bonchev–Trinajstić information content (AvgIpc) is 3.36. The number of aromatic carboxylic acids is 1. The molecule has 6 nitrogen and oxygen atoms in total. The van der Waals surface area contributed by atoms with Crippen molar-refractivity contribution in [2.45, 2.75) is 50.5 Å². The van der Waals surface area contributed by atoms with E-state index in [9.17, 15) is 9.90 Å². The van der Waals surface area contributed by atoms with E-state index in [0.717, 1.165) is 31.5 Å². The van der Waals surface area contributed by atoms with Crippen LogP contribution in [-0.2, 0) is 0 Å². The van der Waals surface area contributed by atoms with Crippen LogP contribution < -0.4 is 5.32 Å². The second-order valence-electron chi connectivity index (χ2n) is 7.74. The molecule has 0 radical (unpaired) electrons. The molecule has 0 amide bonds. The Morgan fingerprint density at radius 3 is 2.48 bits per heavy atom. The zero-order chi connectivity index (χ0) is 18.7. The largest absolute Gasteiger partial charge is 0.477 e. The molecule has 2 heterocycles. The lowest BCUT2D eigenvalue weighted by atomic mass is 9.92. The van der Waals surface area contributed by atoms with Gasteiger partial charge < -0.3 is 14.9 Å². The number of rotatable bonds is 6. The Bertz CT molecular complexity index is 775. The summed E-state index contributed by atoms with van der Waals surface area (Å²) in [6, 6.07) is 9.29. The molecule has 1 aliphatic carbocycles. The molecule has 1 saturated heterocycles. The summed E-state index contributed by atoms with van der Waals surface area (Å²) in [4.78, 5) is 14.5. The van der Waals surface area contributed by atoms with E-state index in [1.54, 1.807) is 0 Å². The third kappa shape index (κ3) is 3.58. The standard InChI is InChI=1S/C21H27N3O3/c25-20(26)17-18(16-9-3-1-4-10-16)27-23-19(17)22-15-21(11-5-6-12-21)24-13-7-2-8-14-24/h1,3-4,9-10H,2,5-8,11-15H2,(H,22,23)(H,25,26). The average molecular weight is 369 g/mol. The van der Waals surface area contributed by atoms with Crippen LogP contribution in [0.1, 0.15) is 55.3 Å². The highest BCUT2D eigenvalue weighted by molar-refractivity contribution is 5.99. The summed E-state index contributed by atoms with van der Waals surface area (Å²) in [6.07, 6.45) is 8.61. The smallest absolute Gasteiger partial charge is 0.343 e. The van der Waals surface area contributed by atoms with Crippen molar-refractivity contribution in [2.24, 2.45) is 0 Å². The van der Waals surface area contributed by atoms with Crippen molar-refractivity contribution in [1.29, 1.82) is 0 Å². The molecular formula is C21H27N3O3. The molecule has 27 heavy (non-hydrogen) atoms. The summed E-state index contributed by atoms with van der Waals surface area (Å²) in [7, 11) is 0. The fraction of sp³-hybridized carbons (Fsp3) is 0.524. The molecule has 2 aromatic rings. The summed E-state index contributed by atoms with van der Waals surface area (Å²) >= 11 is 0. The van der Waals surface area contributed by atoms with Gasteiger partial charge in [0, 0.05) is 17.6 Å². The molecule has 2 fully saturated rings. The molecule has 0 unspecified atom stereocenters. The maximum atomic E-state index is 11.9. The first kappa shape index (κ1) is 18.0. The van der Waals surface area contributed by atoms with Crippen LogP contribution in [-0.4, -0.2) is 46.3 Å². The molecular weight excluding hydrogens is 342 g/mol. The van der Waals surface area contributed by atoms with Crippen molar-refractivity contribution in [3.05, 3.63) is 35.9 Å². The van der Waals surface area contributed by atoms with Crippen LogP contribution in [0, 0.1) is 0 Å². The zero-order valence-electron chi connectivity index (χ0n) is 15.6. The topological polar surface area (TPSA) is 78.6 Å². The number of hydrogen-bond donors (Lipinski definition) is 2. The van der Waals surface area contributed by atoms with E-state index in [2.05, 4.69) is 15.4 Å². The first-order chi connectivity index (χ1) is 13.2. The second kappa shape index (κ2) is 7.72. The Morgan fingerprint density at radius 1 is 1.11 bits per heavy atom. The van der Waals surface area contributed by atoms with Gasteiger partial charge in [0.15, 0.2) is 17.1 Å². The normalized spacial score (nSPS) is 19.9. The van der Waals surface area contributed by atoms with Crippen molar-refractivity contribution >= 4 is 11.8 Å². The maximum Gasteiger partial charge on any atom is 0.343 e. The first-order valence-electron chi connectivity index (χ1n) is 9.97. The summed E-state index contributed by atoms with van der Waals surface area (Å²) in [5.74, 6) is -0.371. The van der Waals surface area contributed by atoms with Crippen molar-refractivity contribution in [1.82, 2.24) is 10.1 Å². The molecule has 0 bridgehead atoms. The zero-order valence-corrected chi connectivity index (χ0v) is 15.6. The Hall–Kier alpha value is -2.34. The molecule has 6 heteroatoms. The van der Waals surface area contributed by atoms with Crippen molar-refractivity contribution in [2.75, 3.05) is 25.0 Å². The number of carboxylic acid groups (broad SMARTS) is 1. The molecule has 1 aliphatic heterocycles. The van der Waals surface area contributed by atoms with E-state index >= 15 is 0 Å². The van der Waals surface area contributed by atoms with Crippen molar-refractivity contribution in [3.63, 3.8) is 0 Å². The predicted octanol–water partition coefficient (Wildman–Crippen LogP) is 4.25. The summed E-state index contributed by atoms with van der Waals surface area (Å²) in [6.45, 7) is 3.00. The molecule has 0 atom stereocenters. The van der Waals surface area contributed by atoms with E-state index in [4.69, 9.17) is 4.52 Å². The fourth-order valence-electron chi connectivity index (χ4n) is 4.65. The SMILES string of the molecule is O=C(O)c1c(NCC2(N3CCCCC3)CCCC2)noc1-c1ccccc1. The third-order valence-corrected chi connectivity index (χ3v) is 6.09. The number of nitrogens with zero attached hydrogens (tertiary/aromatic N) is 2. The van der Waals surface area contributed by atoms with E-state index in [-0.39, 0.29) is 11.1 Å². The number of carboxylic acids is 1. The third-order valence-electron chi connectivity index (χ3n) is 6.09. The number of aromatic nitrogens is 1. The lowest BCUT2D eigenvalue weighted by molar-refractivity contribution is 0.0696. The van der Waals surface area contributed by atoms with Crippen LogP contribution in [0.15, 0.2) is 34.9 Å². The van der Waals surface area contributed by atoms with Gasteiger partial charge in [0.25, 0.3) is 0 Å². The predicted molar refractivity (Wildman–Crippen MR) is 104 cm³/mol. The van der Waals surface area contributed by atoms with E-state index < -0.39 is 5.97 Å². The van der Waals surface area contributed by atoms with Gasteiger partial charge in [-0.2, -0.15) is 0 Å². The van der Waals surface area contributed by atoms with Gasteiger partial charge in [-0.05, 0) is 38.8 Å². The maximum absolute atomic E-state index is 11.9. The molecule has 0 spiro atoms. The minimum Gasteiger partial charge on any atom is -0.477 e. The highest BCUT2D eigenvalue weighted by atomic mass is 16.5. The number of hydrogen-bond acceptors (Lipinski definition) is 5. The van der Waals surface area contributed by atoms with Crippen molar-refractivity contribution < 1.29 is 14.4 Å².